The van der Waals surface area contributed by atoms with Gasteiger partial charge >= 0.3 is 5.97 Å². The zero-order valence-corrected chi connectivity index (χ0v) is 11.8. The van der Waals surface area contributed by atoms with Gasteiger partial charge in [0.1, 0.15) is 0 Å². The molecule has 0 radical (unpaired) electrons. The Morgan fingerprint density at radius 3 is 2.52 bits per heavy atom. The van der Waals surface area contributed by atoms with Crippen LogP contribution in [0.3, 0.4) is 0 Å². The van der Waals surface area contributed by atoms with Crippen molar-refractivity contribution < 1.29 is 14.7 Å². The summed E-state index contributed by atoms with van der Waals surface area (Å²) in [5.74, 6) is -1.07. The number of aromatic nitrogens is 2. The lowest BCUT2D eigenvalue weighted by atomic mass is 10.1. The third-order valence-electron chi connectivity index (χ3n) is 3.15. The number of benzene rings is 1. The van der Waals surface area contributed by atoms with Crippen molar-refractivity contribution in [1.29, 1.82) is 0 Å². The van der Waals surface area contributed by atoms with Gasteiger partial charge in [-0.05, 0) is 37.3 Å². The number of hydrogen-bond acceptors (Lipinski definition) is 3. The van der Waals surface area contributed by atoms with Crippen LogP contribution in [-0.2, 0) is 4.79 Å². The fraction of sp³-hybridized carbons (Fsp3) is 0.267. The van der Waals surface area contributed by atoms with Crippen LogP contribution in [-0.4, -0.2) is 44.8 Å². The van der Waals surface area contributed by atoms with E-state index in [9.17, 15) is 9.59 Å². The molecule has 0 aliphatic rings. The summed E-state index contributed by atoms with van der Waals surface area (Å²) in [5, 5.41) is 12.8. The monoisotopic (exact) mass is 287 g/mol. The van der Waals surface area contributed by atoms with Gasteiger partial charge in [-0.1, -0.05) is 0 Å². The molecule has 110 valence electrons. The van der Waals surface area contributed by atoms with Gasteiger partial charge in [-0.2, -0.15) is 5.10 Å². The predicted molar refractivity (Wildman–Crippen MR) is 77.4 cm³/mol. The highest BCUT2D eigenvalue weighted by Crippen LogP contribution is 2.11. The maximum Gasteiger partial charge on any atom is 0.305 e. The molecule has 6 nitrogen and oxygen atoms in total. The first-order valence-electron chi connectivity index (χ1n) is 6.73. The van der Waals surface area contributed by atoms with Crippen LogP contribution in [0.5, 0.6) is 0 Å². The van der Waals surface area contributed by atoms with Crippen LogP contribution in [0.4, 0.5) is 0 Å². The van der Waals surface area contributed by atoms with Crippen LogP contribution in [0.1, 0.15) is 23.7 Å². The molecule has 0 atom stereocenters. The third kappa shape index (κ3) is 3.68. The van der Waals surface area contributed by atoms with Crippen molar-refractivity contribution in [3.63, 3.8) is 0 Å². The number of hydrogen-bond donors (Lipinski definition) is 1. The minimum absolute atomic E-state index is 0.0506. The van der Waals surface area contributed by atoms with Crippen LogP contribution >= 0.6 is 0 Å². The zero-order chi connectivity index (χ0) is 15.2. The molecule has 6 heteroatoms. The molecule has 0 fully saturated rings. The quantitative estimate of drug-likeness (QED) is 0.879. The molecule has 0 aliphatic heterocycles. The Kier molecular flexibility index (Phi) is 4.71. The fourth-order valence-electron chi connectivity index (χ4n) is 1.99. The van der Waals surface area contributed by atoms with Gasteiger partial charge in [0, 0.05) is 31.0 Å². The Hall–Kier alpha value is -2.63. The highest BCUT2D eigenvalue weighted by atomic mass is 16.4. The van der Waals surface area contributed by atoms with Crippen LogP contribution in [0, 0.1) is 0 Å². The second-order valence-corrected chi connectivity index (χ2v) is 4.53. The van der Waals surface area contributed by atoms with Gasteiger partial charge in [-0.3, -0.25) is 9.59 Å². The average molecular weight is 287 g/mol. The smallest absolute Gasteiger partial charge is 0.305 e. The zero-order valence-electron chi connectivity index (χ0n) is 11.8. The van der Waals surface area contributed by atoms with E-state index in [4.69, 9.17) is 5.11 Å². The highest BCUT2D eigenvalue weighted by Gasteiger charge is 2.15. The second-order valence-electron chi connectivity index (χ2n) is 4.53. The molecule has 0 unspecified atom stereocenters. The van der Waals surface area contributed by atoms with Crippen LogP contribution in [0.2, 0.25) is 0 Å². The van der Waals surface area contributed by atoms with Crippen molar-refractivity contribution in [1.82, 2.24) is 14.7 Å². The van der Waals surface area contributed by atoms with E-state index in [0.29, 0.717) is 12.1 Å². The van der Waals surface area contributed by atoms with E-state index in [-0.39, 0.29) is 18.9 Å². The summed E-state index contributed by atoms with van der Waals surface area (Å²) < 4.78 is 1.70. The van der Waals surface area contributed by atoms with E-state index < -0.39 is 5.97 Å². The van der Waals surface area contributed by atoms with E-state index >= 15 is 0 Å². The van der Waals surface area contributed by atoms with E-state index in [1.165, 1.54) is 4.90 Å². The van der Waals surface area contributed by atoms with E-state index in [2.05, 4.69) is 5.10 Å². The number of rotatable bonds is 6. The normalized spacial score (nSPS) is 10.3. The lowest BCUT2D eigenvalue weighted by Crippen LogP contribution is -2.32. The molecule has 0 saturated heterocycles. The molecule has 2 rings (SSSR count). The predicted octanol–water partition coefficient (Wildman–Crippen LogP) is 1.81. The number of amides is 1. The summed E-state index contributed by atoms with van der Waals surface area (Å²) >= 11 is 0. The molecular formula is C15H17N3O3. The first-order valence-corrected chi connectivity index (χ1v) is 6.73. The molecule has 0 spiro atoms. The molecule has 1 aromatic heterocycles. The topological polar surface area (TPSA) is 75.4 Å². The fourth-order valence-corrected chi connectivity index (χ4v) is 1.99. The van der Waals surface area contributed by atoms with Crippen molar-refractivity contribution in [2.45, 2.75) is 13.3 Å². The first kappa shape index (κ1) is 14.8. The molecule has 2 aromatic rings. The van der Waals surface area contributed by atoms with Gasteiger partial charge in [-0.25, -0.2) is 4.68 Å². The van der Waals surface area contributed by atoms with Crippen LogP contribution in [0.25, 0.3) is 5.69 Å². The Morgan fingerprint density at radius 1 is 1.29 bits per heavy atom. The summed E-state index contributed by atoms with van der Waals surface area (Å²) in [4.78, 5) is 24.4. The number of carbonyl (C=O) groups excluding carboxylic acids is 1. The van der Waals surface area contributed by atoms with E-state index in [1.54, 1.807) is 23.0 Å². The molecule has 0 bridgehead atoms. The molecule has 1 heterocycles. The third-order valence-corrected chi connectivity index (χ3v) is 3.15. The summed E-state index contributed by atoms with van der Waals surface area (Å²) in [7, 11) is 0. The van der Waals surface area contributed by atoms with Crippen LogP contribution in [0.15, 0.2) is 42.7 Å². The number of nitrogens with zero attached hydrogens (tertiary/aromatic N) is 3. The molecule has 1 amide bonds. The van der Waals surface area contributed by atoms with Gasteiger partial charge in [0.05, 0.1) is 12.1 Å². The van der Waals surface area contributed by atoms with Gasteiger partial charge in [-0.15, -0.1) is 0 Å². The van der Waals surface area contributed by atoms with Crippen molar-refractivity contribution in [3.8, 4) is 5.69 Å². The van der Waals surface area contributed by atoms with Gasteiger partial charge < -0.3 is 10.0 Å². The first-order chi connectivity index (χ1) is 10.1. The molecule has 1 N–H and O–H groups in total. The Labute approximate surface area is 122 Å². The van der Waals surface area contributed by atoms with Crippen molar-refractivity contribution in [2.24, 2.45) is 0 Å². The van der Waals surface area contributed by atoms with Gasteiger partial charge in [0.25, 0.3) is 5.91 Å². The SMILES string of the molecule is CCN(CCC(=O)O)C(=O)c1ccc(-n2cccn2)cc1. The second kappa shape index (κ2) is 6.69. The Morgan fingerprint density at radius 2 is 2.00 bits per heavy atom. The molecule has 1 aromatic carbocycles. The standard InChI is InChI=1S/C15H17N3O3/c1-2-17(11-8-14(19)20)15(21)12-4-6-13(7-5-12)18-10-3-9-16-18/h3-7,9-10H,2,8,11H2,1H3,(H,19,20). The minimum atomic E-state index is -0.907. The summed E-state index contributed by atoms with van der Waals surface area (Å²) in [6.45, 7) is 2.52. The highest BCUT2D eigenvalue weighted by molar-refractivity contribution is 5.94. The Bertz CT molecular complexity index is 606. The van der Waals surface area contributed by atoms with E-state index in [0.717, 1.165) is 5.69 Å². The van der Waals surface area contributed by atoms with E-state index in [1.807, 2.05) is 31.3 Å². The van der Waals surface area contributed by atoms with Gasteiger partial charge in [0.15, 0.2) is 0 Å². The lowest BCUT2D eigenvalue weighted by Gasteiger charge is -2.20. The summed E-state index contributed by atoms with van der Waals surface area (Å²) in [6, 6.07) is 8.89. The Balaban J connectivity index is 2.09. The van der Waals surface area contributed by atoms with Crippen molar-refractivity contribution in [3.05, 3.63) is 48.3 Å². The largest absolute Gasteiger partial charge is 0.481 e. The lowest BCUT2D eigenvalue weighted by molar-refractivity contribution is -0.137. The average Bonchev–Trinajstić information content (AvgIpc) is 3.02. The van der Waals surface area contributed by atoms with Crippen LogP contribution < -0.4 is 0 Å². The number of aliphatic carboxylic acids is 1. The maximum atomic E-state index is 12.3. The van der Waals surface area contributed by atoms with Crippen molar-refractivity contribution >= 4 is 11.9 Å². The summed E-state index contributed by atoms with van der Waals surface area (Å²) in [6.07, 6.45) is 3.46. The van der Waals surface area contributed by atoms with Crippen molar-refractivity contribution in [2.75, 3.05) is 13.1 Å². The molecular weight excluding hydrogens is 270 g/mol. The van der Waals surface area contributed by atoms with Gasteiger partial charge in [0.2, 0.25) is 0 Å². The maximum absolute atomic E-state index is 12.3. The number of carboxylic acids is 1. The number of carbonyl (C=O) groups is 2. The summed E-state index contributed by atoms with van der Waals surface area (Å²) in [5.41, 5.74) is 1.41. The minimum Gasteiger partial charge on any atom is -0.481 e. The molecule has 0 saturated carbocycles. The molecule has 0 aliphatic carbocycles. The number of carboxylic acid groups (broad SMARTS) is 1. The molecule has 21 heavy (non-hydrogen) atoms.